The number of piperidine rings is 1. The van der Waals surface area contributed by atoms with Gasteiger partial charge in [0.25, 0.3) is 5.91 Å². The Bertz CT molecular complexity index is 455. The fourth-order valence-electron chi connectivity index (χ4n) is 2.73. The molecule has 0 aromatic carbocycles. The highest BCUT2D eigenvalue weighted by atomic mass is 16.1. The number of rotatable bonds is 6. The quantitative estimate of drug-likeness (QED) is 0.841. The maximum atomic E-state index is 12.2. The molecule has 2 rings (SSSR count). The van der Waals surface area contributed by atoms with Crippen molar-refractivity contribution in [2.45, 2.75) is 26.2 Å². The minimum atomic E-state index is -0.0352. The molecule has 1 saturated heterocycles. The third-order valence-electron chi connectivity index (χ3n) is 4.07. The zero-order valence-electron chi connectivity index (χ0n) is 13.1. The summed E-state index contributed by atoms with van der Waals surface area (Å²) < 4.78 is 0. The van der Waals surface area contributed by atoms with Gasteiger partial charge < -0.3 is 15.5 Å². The highest BCUT2D eigenvalue weighted by molar-refractivity contribution is 5.98. The summed E-state index contributed by atoms with van der Waals surface area (Å²) in [5, 5.41) is 6.15. The highest BCUT2D eigenvalue weighted by Crippen LogP contribution is 2.19. The first kappa shape index (κ1) is 15.8. The van der Waals surface area contributed by atoms with E-state index < -0.39 is 0 Å². The van der Waals surface area contributed by atoms with Gasteiger partial charge in [-0.05, 0) is 64.4 Å². The van der Waals surface area contributed by atoms with Crippen LogP contribution in [-0.4, -0.2) is 49.0 Å². The van der Waals surface area contributed by atoms with E-state index in [0.29, 0.717) is 11.4 Å². The van der Waals surface area contributed by atoms with E-state index in [1.807, 2.05) is 13.0 Å². The summed E-state index contributed by atoms with van der Waals surface area (Å²) in [5.74, 6) is 1.37. The topological polar surface area (TPSA) is 57.3 Å². The van der Waals surface area contributed by atoms with Crippen LogP contribution in [0.4, 0.5) is 5.82 Å². The second kappa shape index (κ2) is 7.98. The molecule has 116 valence electrons. The Morgan fingerprint density at radius 3 is 2.90 bits per heavy atom. The Morgan fingerprint density at radius 2 is 2.19 bits per heavy atom. The number of nitrogens with one attached hydrogen (secondary N) is 2. The van der Waals surface area contributed by atoms with Crippen molar-refractivity contribution >= 4 is 11.7 Å². The normalized spacial score (nSPS) is 16.7. The maximum Gasteiger partial charge on any atom is 0.255 e. The Morgan fingerprint density at radius 1 is 1.43 bits per heavy atom. The predicted octanol–water partition coefficient (Wildman–Crippen LogP) is 1.98. The standard InChI is InChI=1S/C16H26N4O/c1-3-17-15-14(5-4-9-18-15)16(21)19-10-6-13-7-11-20(2)12-8-13/h4-5,9,13H,3,6-8,10-12H2,1-2H3,(H,17,18)(H,19,21). The molecular weight excluding hydrogens is 264 g/mol. The van der Waals surface area contributed by atoms with E-state index in [1.165, 1.54) is 25.9 Å². The van der Waals surface area contributed by atoms with E-state index in [9.17, 15) is 4.79 Å². The fraction of sp³-hybridized carbons (Fsp3) is 0.625. The van der Waals surface area contributed by atoms with Gasteiger partial charge in [0.15, 0.2) is 0 Å². The van der Waals surface area contributed by atoms with Crippen LogP contribution in [0.3, 0.4) is 0 Å². The van der Waals surface area contributed by atoms with E-state index in [2.05, 4.69) is 27.6 Å². The van der Waals surface area contributed by atoms with Gasteiger partial charge in [0.05, 0.1) is 5.56 Å². The van der Waals surface area contributed by atoms with E-state index in [4.69, 9.17) is 0 Å². The summed E-state index contributed by atoms with van der Waals surface area (Å²) in [6.45, 7) is 5.84. The molecule has 0 spiro atoms. The number of pyridine rings is 1. The van der Waals surface area contributed by atoms with Crippen LogP contribution in [0.5, 0.6) is 0 Å². The van der Waals surface area contributed by atoms with Crippen molar-refractivity contribution < 1.29 is 4.79 Å². The van der Waals surface area contributed by atoms with Crippen LogP contribution in [0.2, 0.25) is 0 Å². The molecule has 5 nitrogen and oxygen atoms in total. The average Bonchev–Trinajstić information content (AvgIpc) is 2.50. The summed E-state index contributed by atoms with van der Waals surface area (Å²) in [6, 6.07) is 3.61. The molecule has 21 heavy (non-hydrogen) atoms. The molecule has 2 heterocycles. The number of nitrogens with zero attached hydrogens (tertiary/aromatic N) is 2. The van der Waals surface area contributed by atoms with Crippen molar-refractivity contribution in [2.24, 2.45) is 5.92 Å². The Kier molecular flexibility index (Phi) is 5.99. The third kappa shape index (κ3) is 4.70. The van der Waals surface area contributed by atoms with Crippen molar-refractivity contribution in [3.8, 4) is 0 Å². The van der Waals surface area contributed by atoms with Gasteiger partial charge in [0, 0.05) is 19.3 Å². The number of carbonyl (C=O) groups excluding carboxylic acids is 1. The van der Waals surface area contributed by atoms with E-state index in [0.717, 1.165) is 25.4 Å². The largest absolute Gasteiger partial charge is 0.370 e. The van der Waals surface area contributed by atoms with E-state index >= 15 is 0 Å². The number of amides is 1. The Balaban J connectivity index is 1.79. The summed E-state index contributed by atoms with van der Waals surface area (Å²) in [5.41, 5.74) is 0.628. The van der Waals surface area contributed by atoms with Crippen LogP contribution < -0.4 is 10.6 Å². The SMILES string of the molecule is CCNc1ncccc1C(=O)NCCC1CCN(C)CC1. The molecule has 0 radical (unpaired) electrons. The minimum absolute atomic E-state index is 0.0352. The summed E-state index contributed by atoms with van der Waals surface area (Å²) in [4.78, 5) is 18.8. The molecule has 0 aliphatic carbocycles. The van der Waals surface area contributed by atoms with Crippen molar-refractivity contribution in [3.63, 3.8) is 0 Å². The van der Waals surface area contributed by atoms with Crippen molar-refractivity contribution in [1.29, 1.82) is 0 Å². The Labute approximate surface area is 127 Å². The molecule has 1 fully saturated rings. The van der Waals surface area contributed by atoms with Crippen molar-refractivity contribution in [1.82, 2.24) is 15.2 Å². The van der Waals surface area contributed by atoms with Crippen LogP contribution in [-0.2, 0) is 0 Å². The van der Waals surface area contributed by atoms with Gasteiger partial charge in [-0.25, -0.2) is 4.98 Å². The molecular formula is C16H26N4O. The van der Waals surface area contributed by atoms with Gasteiger partial charge in [-0.1, -0.05) is 0 Å². The highest BCUT2D eigenvalue weighted by Gasteiger charge is 2.17. The van der Waals surface area contributed by atoms with Crippen LogP contribution in [0.25, 0.3) is 0 Å². The van der Waals surface area contributed by atoms with Gasteiger partial charge in [0.1, 0.15) is 5.82 Å². The Hall–Kier alpha value is -1.62. The monoisotopic (exact) mass is 290 g/mol. The van der Waals surface area contributed by atoms with Gasteiger partial charge in [0.2, 0.25) is 0 Å². The van der Waals surface area contributed by atoms with Crippen LogP contribution in [0.1, 0.15) is 36.5 Å². The first-order valence-electron chi connectivity index (χ1n) is 7.86. The number of hydrogen-bond donors (Lipinski definition) is 2. The zero-order valence-corrected chi connectivity index (χ0v) is 13.1. The molecule has 0 saturated carbocycles. The number of anilines is 1. The number of hydrogen-bond acceptors (Lipinski definition) is 4. The van der Waals surface area contributed by atoms with Crippen LogP contribution >= 0.6 is 0 Å². The predicted molar refractivity (Wildman–Crippen MR) is 85.6 cm³/mol. The van der Waals surface area contributed by atoms with Crippen molar-refractivity contribution in [3.05, 3.63) is 23.9 Å². The number of carbonyl (C=O) groups is 1. The molecule has 0 unspecified atom stereocenters. The van der Waals surface area contributed by atoms with E-state index in [1.54, 1.807) is 12.3 Å². The molecule has 2 N–H and O–H groups in total. The van der Waals surface area contributed by atoms with E-state index in [-0.39, 0.29) is 5.91 Å². The van der Waals surface area contributed by atoms with Gasteiger partial charge in [-0.2, -0.15) is 0 Å². The summed E-state index contributed by atoms with van der Waals surface area (Å²) in [7, 11) is 2.17. The molecule has 0 atom stereocenters. The zero-order chi connectivity index (χ0) is 15.1. The lowest BCUT2D eigenvalue weighted by Crippen LogP contribution is -2.33. The lowest BCUT2D eigenvalue weighted by atomic mass is 9.94. The molecule has 5 heteroatoms. The first-order chi connectivity index (χ1) is 10.2. The average molecular weight is 290 g/mol. The van der Waals surface area contributed by atoms with Gasteiger partial charge >= 0.3 is 0 Å². The lowest BCUT2D eigenvalue weighted by molar-refractivity contribution is 0.0949. The lowest BCUT2D eigenvalue weighted by Gasteiger charge is -2.28. The first-order valence-corrected chi connectivity index (χ1v) is 7.86. The van der Waals surface area contributed by atoms with Gasteiger partial charge in [-0.15, -0.1) is 0 Å². The molecule has 0 bridgehead atoms. The maximum absolute atomic E-state index is 12.2. The van der Waals surface area contributed by atoms with Crippen LogP contribution in [0, 0.1) is 5.92 Å². The van der Waals surface area contributed by atoms with Gasteiger partial charge in [-0.3, -0.25) is 4.79 Å². The molecule has 1 aliphatic heterocycles. The van der Waals surface area contributed by atoms with Crippen molar-refractivity contribution in [2.75, 3.05) is 38.5 Å². The molecule has 1 aliphatic rings. The molecule has 1 aromatic heterocycles. The second-order valence-electron chi connectivity index (χ2n) is 5.72. The molecule has 1 amide bonds. The second-order valence-corrected chi connectivity index (χ2v) is 5.72. The fourth-order valence-corrected chi connectivity index (χ4v) is 2.73. The number of likely N-dealkylation sites (tertiary alicyclic amines) is 1. The summed E-state index contributed by atoms with van der Waals surface area (Å²) in [6.07, 6.45) is 5.24. The minimum Gasteiger partial charge on any atom is -0.370 e. The third-order valence-corrected chi connectivity index (χ3v) is 4.07. The smallest absolute Gasteiger partial charge is 0.255 e. The summed E-state index contributed by atoms with van der Waals surface area (Å²) >= 11 is 0. The van der Waals surface area contributed by atoms with Crippen LogP contribution in [0.15, 0.2) is 18.3 Å². The molecule has 1 aromatic rings. The number of aromatic nitrogens is 1.